The lowest BCUT2D eigenvalue weighted by Gasteiger charge is -2.18. The van der Waals surface area contributed by atoms with E-state index in [-0.39, 0.29) is 43.2 Å². The Kier molecular flexibility index (Phi) is 7.53. The van der Waals surface area contributed by atoms with Gasteiger partial charge in [0.05, 0.1) is 6.54 Å². The molecule has 168 valence electrons. The minimum Gasteiger partial charge on any atom is -0.484 e. The largest absolute Gasteiger partial charge is 0.484 e. The van der Waals surface area contributed by atoms with Crippen molar-refractivity contribution in [1.29, 1.82) is 0 Å². The van der Waals surface area contributed by atoms with E-state index in [1.54, 1.807) is 47.4 Å². The van der Waals surface area contributed by atoms with Crippen molar-refractivity contribution in [2.45, 2.75) is 20.4 Å². The quantitative estimate of drug-likeness (QED) is 0.447. The summed E-state index contributed by atoms with van der Waals surface area (Å²) in [7, 11) is 0. The molecule has 0 saturated heterocycles. The minimum atomic E-state index is -0.362. The van der Waals surface area contributed by atoms with E-state index in [9.17, 15) is 19.2 Å². The molecule has 1 N–H and O–H groups in total. The fraction of sp³-hybridized carbons (Fsp3) is 0.304. The van der Waals surface area contributed by atoms with Crippen molar-refractivity contribution in [2.75, 3.05) is 26.2 Å². The Hall–Kier alpha value is -3.33. The molecule has 1 aliphatic heterocycles. The first-order valence-electron chi connectivity index (χ1n) is 10.3. The highest BCUT2D eigenvalue weighted by Gasteiger charge is 2.29. The molecule has 8 nitrogen and oxygen atoms in total. The molecule has 3 rings (SSSR count). The first-order chi connectivity index (χ1) is 15.4. The molecule has 0 radical (unpaired) electrons. The predicted molar refractivity (Wildman–Crippen MR) is 122 cm³/mol. The summed E-state index contributed by atoms with van der Waals surface area (Å²) in [6, 6.07) is 11.3. The molecule has 9 heteroatoms. The molecular weight excluding hydrogens is 430 g/mol. The molecule has 2 aromatic carbocycles. The number of hydrogen-bond acceptors (Lipinski definition) is 6. The summed E-state index contributed by atoms with van der Waals surface area (Å²) in [4.78, 5) is 52.2. The van der Waals surface area contributed by atoms with Gasteiger partial charge in [-0.1, -0.05) is 12.8 Å². The number of carbonyl (C=O) groups is 4. The fourth-order valence-electron chi connectivity index (χ4n) is 3.53. The van der Waals surface area contributed by atoms with Crippen LogP contribution in [0.3, 0.4) is 0 Å². The van der Waals surface area contributed by atoms with Gasteiger partial charge in [0.25, 0.3) is 17.7 Å². The van der Waals surface area contributed by atoms with E-state index in [0.29, 0.717) is 41.1 Å². The Morgan fingerprint density at radius 2 is 1.72 bits per heavy atom. The number of amides is 3. The number of hydrogen-bond donors (Lipinski definition) is 2. The first kappa shape index (κ1) is 23.3. The van der Waals surface area contributed by atoms with E-state index in [4.69, 9.17) is 4.74 Å². The van der Waals surface area contributed by atoms with E-state index < -0.39 is 0 Å². The summed E-state index contributed by atoms with van der Waals surface area (Å²) in [6.45, 7) is 5.16. The number of thiol groups is 1. The Balaban J connectivity index is 1.59. The Bertz CT molecular complexity index is 1030. The second-order valence-electron chi connectivity index (χ2n) is 7.28. The zero-order valence-electron chi connectivity index (χ0n) is 18.0. The molecule has 0 saturated carbocycles. The third-order valence-corrected chi connectivity index (χ3v) is 5.54. The molecule has 0 spiro atoms. The lowest BCUT2D eigenvalue weighted by molar-refractivity contribution is -0.132. The summed E-state index contributed by atoms with van der Waals surface area (Å²) < 4.78 is 7.77. The van der Waals surface area contributed by atoms with Crippen LogP contribution in [0.5, 0.6) is 5.75 Å². The van der Waals surface area contributed by atoms with E-state index in [0.717, 1.165) is 0 Å². The van der Waals surface area contributed by atoms with Crippen molar-refractivity contribution >= 4 is 36.3 Å². The number of Topliss-reactive ketones (excluding diaryl/α,β-unsaturated/α-hetero) is 1. The van der Waals surface area contributed by atoms with Gasteiger partial charge in [0, 0.05) is 36.3 Å². The SMILES string of the molecule is CCN(CC)C(=O)COc1ccc(C(=O)CN2Cc3cc(C(=O)NS)ccc3C2=O)cc1. The van der Waals surface area contributed by atoms with E-state index >= 15 is 0 Å². The highest BCUT2D eigenvalue weighted by molar-refractivity contribution is 7.78. The maximum absolute atomic E-state index is 12.7. The van der Waals surface area contributed by atoms with Gasteiger partial charge in [-0.15, -0.1) is 0 Å². The highest BCUT2D eigenvalue weighted by atomic mass is 32.1. The number of carbonyl (C=O) groups excluding carboxylic acids is 4. The van der Waals surface area contributed by atoms with Gasteiger partial charge in [0.1, 0.15) is 5.75 Å². The van der Waals surface area contributed by atoms with Crippen molar-refractivity contribution in [2.24, 2.45) is 0 Å². The molecule has 0 aliphatic carbocycles. The van der Waals surface area contributed by atoms with Gasteiger partial charge in [-0.25, -0.2) is 0 Å². The van der Waals surface area contributed by atoms with Gasteiger partial charge in [-0.3, -0.25) is 23.9 Å². The van der Waals surface area contributed by atoms with Crippen LogP contribution in [0.1, 0.15) is 50.5 Å². The summed E-state index contributed by atoms with van der Waals surface area (Å²) in [5.74, 6) is -0.440. The van der Waals surface area contributed by atoms with Crippen LogP contribution in [0.25, 0.3) is 0 Å². The van der Waals surface area contributed by atoms with Crippen LogP contribution in [0.15, 0.2) is 42.5 Å². The molecule has 3 amide bonds. The van der Waals surface area contributed by atoms with Crippen LogP contribution < -0.4 is 9.46 Å². The third-order valence-electron chi connectivity index (χ3n) is 5.34. The van der Waals surface area contributed by atoms with Gasteiger partial charge >= 0.3 is 0 Å². The van der Waals surface area contributed by atoms with Crippen LogP contribution in [-0.2, 0) is 11.3 Å². The number of nitrogens with zero attached hydrogens (tertiary/aromatic N) is 2. The lowest BCUT2D eigenvalue weighted by atomic mass is 10.1. The van der Waals surface area contributed by atoms with Crippen LogP contribution in [-0.4, -0.2) is 59.5 Å². The molecule has 0 fully saturated rings. The second kappa shape index (κ2) is 10.3. The van der Waals surface area contributed by atoms with Crippen molar-refractivity contribution in [3.05, 3.63) is 64.7 Å². The molecule has 1 heterocycles. The van der Waals surface area contributed by atoms with E-state index in [1.165, 1.54) is 4.90 Å². The van der Waals surface area contributed by atoms with Crippen LogP contribution in [0, 0.1) is 0 Å². The number of likely N-dealkylation sites (N-methyl/N-ethyl adjacent to an activating group) is 1. The minimum absolute atomic E-state index is 0.0667. The standard InChI is InChI=1S/C23H25N3O5S/c1-3-25(4-2)21(28)14-31-18-8-5-15(6-9-18)20(27)13-26-12-17-11-16(22(29)24-32)7-10-19(17)23(26)30/h5-11,32H,3-4,12-14H2,1-2H3,(H,24,29). The normalized spacial score (nSPS) is 12.3. The Labute approximate surface area is 192 Å². The van der Waals surface area contributed by atoms with Crippen LogP contribution in [0.4, 0.5) is 0 Å². The molecule has 32 heavy (non-hydrogen) atoms. The molecule has 2 aromatic rings. The molecule has 1 aliphatic rings. The predicted octanol–water partition coefficient (Wildman–Crippen LogP) is 2.35. The summed E-state index contributed by atoms with van der Waals surface area (Å²) >= 11 is 3.75. The number of nitrogens with one attached hydrogen (secondary N) is 1. The smallest absolute Gasteiger partial charge is 0.260 e. The number of benzene rings is 2. The van der Waals surface area contributed by atoms with E-state index in [2.05, 4.69) is 17.5 Å². The van der Waals surface area contributed by atoms with Crippen LogP contribution in [0.2, 0.25) is 0 Å². The fourth-order valence-corrected chi connectivity index (χ4v) is 3.66. The number of rotatable bonds is 9. The molecule has 0 atom stereocenters. The average molecular weight is 456 g/mol. The number of ether oxygens (including phenoxy) is 1. The maximum Gasteiger partial charge on any atom is 0.260 e. The number of fused-ring (bicyclic) bond motifs is 1. The van der Waals surface area contributed by atoms with Crippen molar-refractivity contribution in [3.8, 4) is 5.75 Å². The van der Waals surface area contributed by atoms with E-state index in [1.807, 2.05) is 13.8 Å². The monoisotopic (exact) mass is 455 g/mol. The molecule has 0 unspecified atom stereocenters. The summed E-state index contributed by atoms with van der Waals surface area (Å²) in [5.41, 5.74) is 2.01. The van der Waals surface area contributed by atoms with Gasteiger partial charge in [0.15, 0.2) is 12.4 Å². The Morgan fingerprint density at radius 3 is 2.34 bits per heavy atom. The van der Waals surface area contributed by atoms with Crippen molar-refractivity contribution < 1.29 is 23.9 Å². The van der Waals surface area contributed by atoms with Gasteiger partial charge in [-0.05, 0) is 61.9 Å². The van der Waals surface area contributed by atoms with Crippen molar-refractivity contribution in [1.82, 2.24) is 14.5 Å². The van der Waals surface area contributed by atoms with Gasteiger partial charge in [0.2, 0.25) is 0 Å². The molecule has 0 bridgehead atoms. The zero-order valence-corrected chi connectivity index (χ0v) is 18.9. The molecular formula is C23H25N3O5S. The second-order valence-corrected chi connectivity index (χ2v) is 7.50. The maximum atomic E-state index is 12.7. The highest BCUT2D eigenvalue weighted by Crippen LogP contribution is 2.24. The topological polar surface area (TPSA) is 96.0 Å². The number of ketones is 1. The van der Waals surface area contributed by atoms with Gasteiger partial charge in [-0.2, -0.15) is 0 Å². The third kappa shape index (κ3) is 5.11. The zero-order chi connectivity index (χ0) is 23.3. The summed E-state index contributed by atoms with van der Waals surface area (Å²) in [6.07, 6.45) is 0. The molecule has 0 aromatic heterocycles. The first-order valence-corrected chi connectivity index (χ1v) is 10.7. The lowest BCUT2D eigenvalue weighted by Crippen LogP contribution is -2.34. The van der Waals surface area contributed by atoms with Gasteiger partial charge < -0.3 is 14.5 Å². The Morgan fingerprint density at radius 1 is 1.06 bits per heavy atom. The van der Waals surface area contributed by atoms with Crippen molar-refractivity contribution in [3.63, 3.8) is 0 Å². The van der Waals surface area contributed by atoms with Crippen LogP contribution >= 0.6 is 12.8 Å². The summed E-state index contributed by atoms with van der Waals surface area (Å²) in [5, 5.41) is 0. The average Bonchev–Trinajstić information content (AvgIpc) is 3.12.